The Balaban J connectivity index is 4.99. The second-order valence-electron chi connectivity index (χ2n) is 6.31. The van der Waals surface area contributed by atoms with Gasteiger partial charge in [0.05, 0.1) is 0 Å². The number of carboxylic acids is 1. The van der Waals surface area contributed by atoms with Gasteiger partial charge in [-0.2, -0.15) is 0 Å². The lowest BCUT2D eigenvalue weighted by Crippen LogP contribution is -2.57. The maximum Gasteiger partial charge on any atom is 0.329 e. The summed E-state index contributed by atoms with van der Waals surface area (Å²) in [6.07, 6.45) is 0. The molecule has 0 aliphatic heterocycles. The van der Waals surface area contributed by atoms with Crippen LogP contribution < -0.4 is 0 Å². The third-order valence-electron chi connectivity index (χ3n) is 2.78. The molecule has 0 rings (SSSR count). The Bertz CT molecular complexity index is 319. The van der Waals surface area contributed by atoms with Gasteiger partial charge in [0.25, 0.3) is 0 Å². The van der Waals surface area contributed by atoms with Gasteiger partial charge in [0.1, 0.15) is 5.54 Å². The summed E-state index contributed by atoms with van der Waals surface area (Å²) in [5, 5.41) is 9.19. The standard InChI is InChI=1S/C13H26N2O3/c1-8-15(13(5,6)10(16)17)11(18)14(7)9-12(2,3)4/h8-9H2,1-7H3,(H,16,17). The lowest BCUT2D eigenvalue weighted by Gasteiger charge is -2.38. The van der Waals surface area contributed by atoms with E-state index in [-0.39, 0.29) is 11.4 Å². The number of hydrogen-bond acceptors (Lipinski definition) is 2. The number of carbonyl (C=O) groups is 2. The molecule has 2 amide bonds. The molecule has 0 aromatic carbocycles. The third-order valence-corrected chi connectivity index (χ3v) is 2.78. The molecule has 0 aromatic heterocycles. The van der Waals surface area contributed by atoms with Crippen molar-refractivity contribution in [3.8, 4) is 0 Å². The average Bonchev–Trinajstić information content (AvgIpc) is 2.15. The summed E-state index contributed by atoms with van der Waals surface area (Å²) in [6, 6.07) is -0.250. The smallest absolute Gasteiger partial charge is 0.329 e. The summed E-state index contributed by atoms with van der Waals surface area (Å²) < 4.78 is 0. The molecule has 106 valence electrons. The minimum atomic E-state index is -1.20. The van der Waals surface area contributed by atoms with E-state index in [1.165, 1.54) is 4.90 Å². The van der Waals surface area contributed by atoms with Crippen LogP contribution in [0.1, 0.15) is 41.5 Å². The molecule has 0 aromatic rings. The zero-order valence-electron chi connectivity index (χ0n) is 12.6. The first-order valence-electron chi connectivity index (χ1n) is 6.19. The summed E-state index contributed by atoms with van der Waals surface area (Å²) in [5.41, 5.74) is -1.21. The number of urea groups is 1. The lowest BCUT2D eigenvalue weighted by atomic mass is 9.96. The number of carboxylic acid groups (broad SMARTS) is 1. The highest BCUT2D eigenvalue weighted by Gasteiger charge is 2.38. The monoisotopic (exact) mass is 258 g/mol. The van der Waals surface area contributed by atoms with E-state index in [4.69, 9.17) is 0 Å². The van der Waals surface area contributed by atoms with Crippen LogP contribution in [0.25, 0.3) is 0 Å². The number of carbonyl (C=O) groups excluding carboxylic acids is 1. The SMILES string of the molecule is CCN(C(=O)N(C)CC(C)(C)C)C(C)(C)C(=O)O. The Morgan fingerprint density at radius 3 is 1.83 bits per heavy atom. The molecule has 0 saturated carbocycles. The van der Waals surface area contributed by atoms with Gasteiger partial charge < -0.3 is 14.9 Å². The van der Waals surface area contributed by atoms with Gasteiger partial charge >= 0.3 is 12.0 Å². The van der Waals surface area contributed by atoms with E-state index in [1.54, 1.807) is 32.7 Å². The molecule has 1 N–H and O–H groups in total. The molecule has 0 unspecified atom stereocenters. The van der Waals surface area contributed by atoms with Crippen LogP contribution in [-0.2, 0) is 4.79 Å². The fourth-order valence-electron chi connectivity index (χ4n) is 1.87. The first-order chi connectivity index (χ1) is 7.93. The molecule has 0 radical (unpaired) electrons. The van der Waals surface area contributed by atoms with E-state index in [2.05, 4.69) is 0 Å². The van der Waals surface area contributed by atoms with Crippen LogP contribution in [0.2, 0.25) is 0 Å². The molecule has 0 aliphatic rings. The van der Waals surface area contributed by atoms with E-state index in [1.807, 2.05) is 20.8 Å². The van der Waals surface area contributed by atoms with Crippen LogP contribution in [0, 0.1) is 5.41 Å². The van der Waals surface area contributed by atoms with E-state index in [0.29, 0.717) is 13.1 Å². The van der Waals surface area contributed by atoms with E-state index in [9.17, 15) is 14.7 Å². The Hall–Kier alpha value is -1.26. The molecule has 0 bridgehead atoms. The molecule has 0 fully saturated rings. The summed E-state index contributed by atoms with van der Waals surface area (Å²) in [4.78, 5) is 26.5. The number of likely N-dealkylation sites (N-methyl/N-ethyl adjacent to an activating group) is 1. The normalized spacial score (nSPS) is 12.2. The Morgan fingerprint density at radius 1 is 1.11 bits per heavy atom. The Morgan fingerprint density at radius 2 is 1.56 bits per heavy atom. The molecular weight excluding hydrogens is 232 g/mol. The van der Waals surface area contributed by atoms with Crippen molar-refractivity contribution in [3.63, 3.8) is 0 Å². The zero-order chi connectivity index (χ0) is 14.7. The number of hydrogen-bond donors (Lipinski definition) is 1. The van der Waals surface area contributed by atoms with Crippen molar-refractivity contribution in [1.82, 2.24) is 9.80 Å². The Labute approximate surface area is 110 Å². The molecule has 0 aliphatic carbocycles. The highest BCUT2D eigenvalue weighted by atomic mass is 16.4. The lowest BCUT2D eigenvalue weighted by molar-refractivity contribution is -0.147. The summed E-state index contributed by atoms with van der Waals surface area (Å²) >= 11 is 0. The predicted molar refractivity (Wildman–Crippen MR) is 71.6 cm³/mol. The van der Waals surface area contributed by atoms with Crippen LogP contribution in [0.4, 0.5) is 4.79 Å². The van der Waals surface area contributed by atoms with Gasteiger partial charge in [-0.1, -0.05) is 20.8 Å². The highest BCUT2D eigenvalue weighted by molar-refractivity contribution is 5.85. The second kappa shape index (κ2) is 5.59. The molecule has 18 heavy (non-hydrogen) atoms. The summed E-state index contributed by atoms with van der Waals surface area (Å²) in [7, 11) is 1.70. The van der Waals surface area contributed by atoms with Gasteiger partial charge in [-0.05, 0) is 26.2 Å². The first kappa shape index (κ1) is 16.7. The minimum absolute atomic E-state index is 0.0167. The topological polar surface area (TPSA) is 60.9 Å². The maximum atomic E-state index is 12.3. The van der Waals surface area contributed by atoms with Gasteiger partial charge in [-0.3, -0.25) is 0 Å². The van der Waals surface area contributed by atoms with Crippen LogP contribution in [0.3, 0.4) is 0 Å². The van der Waals surface area contributed by atoms with E-state index in [0.717, 1.165) is 0 Å². The van der Waals surface area contributed by atoms with Crippen LogP contribution in [-0.4, -0.2) is 52.6 Å². The van der Waals surface area contributed by atoms with Crippen molar-refractivity contribution in [2.45, 2.75) is 47.1 Å². The molecule has 0 atom stereocenters. The van der Waals surface area contributed by atoms with Crippen molar-refractivity contribution in [2.24, 2.45) is 5.41 Å². The molecule has 0 saturated heterocycles. The predicted octanol–water partition coefficient (Wildman–Crippen LogP) is 2.27. The molecular formula is C13H26N2O3. The van der Waals surface area contributed by atoms with E-state index < -0.39 is 11.5 Å². The van der Waals surface area contributed by atoms with Crippen molar-refractivity contribution >= 4 is 12.0 Å². The van der Waals surface area contributed by atoms with Gasteiger partial charge in [0, 0.05) is 20.1 Å². The molecule has 0 spiro atoms. The fraction of sp³-hybridized carbons (Fsp3) is 0.846. The van der Waals surface area contributed by atoms with Crippen molar-refractivity contribution in [3.05, 3.63) is 0 Å². The van der Waals surface area contributed by atoms with Gasteiger partial charge in [-0.25, -0.2) is 9.59 Å². The Kier molecular flexibility index (Phi) is 5.20. The third kappa shape index (κ3) is 4.20. The largest absolute Gasteiger partial charge is 0.480 e. The average molecular weight is 258 g/mol. The molecule has 0 heterocycles. The first-order valence-corrected chi connectivity index (χ1v) is 6.19. The number of nitrogens with zero attached hydrogens (tertiary/aromatic N) is 2. The second-order valence-corrected chi connectivity index (χ2v) is 6.31. The van der Waals surface area contributed by atoms with Crippen LogP contribution >= 0.6 is 0 Å². The number of rotatable bonds is 4. The molecule has 5 nitrogen and oxygen atoms in total. The molecule has 5 heteroatoms. The van der Waals surface area contributed by atoms with Crippen LogP contribution in [0.15, 0.2) is 0 Å². The summed E-state index contributed by atoms with van der Waals surface area (Å²) in [6.45, 7) is 11.9. The number of aliphatic carboxylic acids is 1. The maximum absolute atomic E-state index is 12.3. The number of amides is 2. The van der Waals surface area contributed by atoms with Crippen molar-refractivity contribution in [2.75, 3.05) is 20.1 Å². The zero-order valence-corrected chi connectivity index (χ0v) is 12.6. The van der Waals surface area contributed by atoms with Crippen LogP contribution in [0.5, 0.6) is 0 Å². The van der Waals surface area contributed by atoms with Gasteiger partial charge in [0.15, 0.2) is 0 Å². The van der Waals surface area contributed by atoms with Gasteiger partial charge in [-0.15, -0.1) is 0 Å². The van der Waals surface area contributed by atoms with Crippen molar-refractivity contribution in [1.29, 1.82) is 0 Å². The quantitative estimate of drug-likeness (QED) is 0.841. The van der Waals surface area contributed by atoms with E-state index >= 15 is 0 Å². The highest BCUT2D eigenvalue weighted by Crippen LogP contribution is 2.19. The minimum Gasteiger partial charge on any atom is -0.480 e. The van der Waals surface area contributed by atoms with Gasteiger partial charge in [0.2, 0.25) is 0 Å². The fourth-order valence-corrected chi connectivity index (χ4v) is 1.87. The van der Waals surface area contributed by atoms with Crippen molar-refractivity contribution < 1.29 is 14.7 Å². The summed E-state index contributed by atoms with van der Waals surface area (Å²) in [5.74, 6) is -0.998.